The molecule has 0 aliphatic heterocycles. The van der Waals surface area contributed by atoms with Gasteiger partial charge in [-0.25, -0.2) is 0 Å². The van der Waals surface area contributed by atoms with Gasteiger partial charge in [-0.1, -0.05) is 156 Å². The number of carbonyl (C=O) groups is 6. The van der Waals surface area contributed by atoms with Gasteiger partial charge in [0, 0.05) is 0 Å². The van der Waals surface area contributed by atoms with Gasteiger partial charge in [0.2, 0.25) is 11.8 Å². The summed E-state index contributed by atoms with van der Waals surface area (Å²) in [6.45, 7) is 5.38. The number of ether oxygens (including phenoxy) is 4. The zero-order valence-electron chi connectivity index (χ0n) is 37.6. The number of nitrogens with zero attached hydrogens (tertiary/aromatic N) is 2. The Bertz CT molecular complexity index is 1230. The molecule has 2 amide bonds. The summed E-state index contributed by atoms with van der Waals surface area (Å²) in [5.41, 5.74) is 0. The maximum atomic E-state index is 13.9. The molecule has 16 heteroatoms. The Hall–Kier alpha value is -3.27. The predicted molar refractivity (Wildman–Crippen MR) is 230 cm³/mol. The first-order valence-electron chi connectivity index (χ1n) is 23.0. The molecule has 0 heterocycles. The first-order valence-corrected chi connectivity index (χ1v) is 24.5. The third-order valence-electron chi connectivity index (χ3n) is 9.98. The number of rotatable bonds is 40. The van der Waals surface area contributed by atoms with Crippen molar-refractivity contribution in [1.82, 2.24) is 9.80 Å². The lowest BCUT2D eigenvalue weighted by molar-refractivity contribution is -0.156. The SMILES string of the molecule is CCCCCCCCOC(=O)CN(CC(=O)OCCCCCCCC)C(=O)CC(C(=O)N(CC(=O)OCCCCCCCC)CC(=O)OCCCCCCCC)S(=O)(=O)O. The summed E-state index contributed by atoms with van der Waals surface area (Å²) < 4.78 is 56.9. The number of amides is 2. The van der Waals surface area contributed by atoms with E-state index in [-0.39, 0.29) is 26.4 Å². The maximum absolute atomic E-state index is 13.9. The fourth-order valence-electron chi connectivity index (χ4n) is 6.33. The fourth-order valence-corrected chi connectivity index (χ4v) is 7.09. The molecular formula is C44H80N2O13S. The summed E-state index contributed by atoms with van der Waals surface area (Å²) in [6.07, 6.45) is 21.1. The van der Waals surface area contributed by atoms with Gasteiger partial charge >= 0.3 is 23.9 Å². The monoisotopic (exact) mass is 877 g/mol. The van der Waals surface area contributed by atoms with Crippen LogP contribution < -0.4 is 0 Å². The minimum atomic E-state index is -5.36. The van der Waals surface area contributed by atoms with E-state index in [4.69, 9.17) is 18.9 Å². The third-order valence-corrected chi connectivity index (χ3v) is 11.1. The van der Waals surface area contributed by atoms with Crippen molar-refractivity contribution in [3.63, 3.8) is 0 Å². The van der Waals surface area contributed by atoms with Gasteiger partial charge in [-0.3, -0.25) is 33.3 Å². The average molecular weight is 877 g/mol. The second kappa shape index (κ2) is 37.5. The van der Waals surface area contributed by atoms with E-state index in [2.05, 4.69) is 27.7 Å². The summed E-state index contributed by atoms with van der Waals surface area (Å²) in [5.74, 6) is -6.17. The van der Waals surface area contributed by atoms with E-state index >= 15 is 0 Å². The minimum Gasteiger partial charge on any atom is -0.464 e. The molecule has 0 aliphatic carbocycles. The van der Waals surface area contributed by atoms with E-state index in [0.29, 0.717) is 35.5 Å². The zero-order chi connectivity index (χ0) is 44.9. The molecule has 1 atom stereocenters. The van der Waals surface area contributed by atoms with Crippen molar-refractivity contribution >= 4 is 45.8 Å². The maximum Gasteiger partial charge on any atom is 0.325 e. The molecular weight excluding hydrogens is 797 g/mol. The van der Waals surface area contributed by atoms with Gasteiger partial charge in [-0.05, 0) is 25.7 Å². The van der Waals surface area contributed by atoms with E-state index in [1.165, 1.54) is 0 Å². The lowest BCUT2D eigenvalue weighted by atomic mass is 10.1. The molecule has 0 bridgehead atoms. The summed E-state index contributed by atoms with van der Waals surface area (Å²) >= 11 is 0. The lowest BCUT2D eigenvalue weighted by Crippen LogP contribution is -2.50. The van der Waals surface area contributed by atoms with E-state index in [9.17, 15) is 41.7 Å². The van der Waals surface area contributed by atoms with Crippen LogP contribution in [0.25, 0.3) is 0 Å². The van der Waals surface area contributed by atoms with Crippen LogP contribution in [0, 0.1) is 0 Å². The Morgan fingerprint density at radius 3 is 0.933 bits per heavy atom. The molecule has 0 spiro atoms. The third kappa shape index (κ3) is 31.6. The van der Waals surface area contributed by atoms with Crippen molar-refractivity contribution in [2.75, 3.05) is 52.6 Å². The van der Waals surface area contributed by atoms with Gasteiger partial charge in [-0.2, -0.15) is 8.42 Å². The number of esters is 4. The molecule has 0 aromatic heterocycles. The highest BCUT2D eigenvalue weighted by atomic mass is 32.2. The van der Waals surface area contributed by atoms with E-state index < -0.39 is 83.7 Å². The molecule has 1 unspecified atom stereocenters. The van der Waals surface area contributed by atoms with Gasteiger partial charge in [0.15, 0.2) is 5.25 Å². The van der Waals surface area contributed by atoms with Crippen LogP contribution in [-0.4, -0.2) is 116 Å². The Morgan fingerprint density at radius 2 is 0.667 bits per heavy atom. The molecule has 0 aromatic carbocycles. The second-order valence-corrected chi connectivity index (χ2v) is 17.2. The first-order chi connectivity index (χ1) is 28.8. The highest BCUT2D eigenvalue weighted by molar-refractivity contribution is 7.87. The van der Waals surface area contributed by atoms with Gasteiger partial charge in [0.05, 0.1) is 32.8 Å². The van der Waals surface area contributed by atoms with Crippen LogP contribution >= 0.6 is 0 Å². The van der Waals surface area contributed by atoms with Gasteiger partial charge in [0.25, 0.3) is 10.1 Å². The quantitative estimate of drug-likeness (QED) is 0.0270. The highest BCUT2D eigenvalue weighted by Gasteiger charge is 2.40. The highest BCUT2D eigenvalue weighted by Crippen LogP contribution is 2.15. The van der Waals surface area contributed by atoms with E-state index in [0.717, 1.165) is 128 Å². The van der Waals surface area contributed by atoms with E-state index in [1.807, 2.05) is 0 Å². The van der Waals surface area contributed by atoms with Gasteiger partial charge in [0.1, 0.15) is 26.2 Å². The van der Waals surface area contributed by atoms with Crippen molar-refractivity contribution < 1.29 is 60.7 Å². The molecule has 60 heavy (non-hydrogen) atoms. The molecule has 0 aliphatic rings. The van der Waals surface area contributed by atoms with Crippen molar-refractivity contribution in [3.05, 3.63) is 0 Å². The van der Waals surface area contributed by atoms with Crippen molar-refractivity contribution in [2.45, 2.75) is 193 Å². The molecule has 0 fully saturated rings. The molecule has 350 valence electrons. The Labute approximate surface area is 361 Å². The predicted octanol–water partition coefficient (Wildman–Crippen LogP) is 7.90. The van der Waals surface area contributed by atoms with Crippen LogP contribution in [0.15, 0.2) is 0 Å². The van der Waals surface area contributed by atoms with Crippen molar-refractivity contribution in [3.8, 4) is 0 Å². The Kier molecular flexibility index (Phi) is 35.4. The average Bonchev–Trinajstić information content (AvgIpc) is 3.20. The summed E-state index contributed by atoms with van der Waals surface area (Å²) in [4.78, 5) is 80.4. The molecule has 0 radical (unpaired) electrons. The van der Waals surface area contributed by atoms with Crippen LogP contribution in [0.2, 0.25) is 0 Å². The van der Waals surface area contributed by atoms with Crippen LogP contribution in [0.3, 0.4) is 0 Å². The molecule has 1 N–H and O–H groups in total. The number of carbonyl (C=O) groups excluding carboxylic acids is 6. The normalized spacial score (nSPS) is 11.8. The van der Waals surface area contributed by atoms with Gasteiger partial charge < -0.3 is 28.7 Å². The Balaban J connectivity index is 6.01. The van der Waals surface area contributed by atoms with Crippen LogP contribution in [0.4, 0.5) is 0 Å². The van der Waals surface area contributed by atoms with Crippen LogP contribution in [0.5, 0.6) is 0 Å². The summed E-state index contributed by atoms with van der Waals surface area (Å²) in [5, 5.41) is -2.50. The summed E-state index contributed by atoms with van der Waals surface area (Å²) in [6, 6.07) is 0. The van der Waals surface area contributed by atoms with Crippen LogP contribution in [0.1, 0.15) is 188 Å². The number of unbranched alkanes of at least 4 members (excludes halogenated alkanes) is 20. The lowest BCUT2D eigenvalue weighted by Gasteiger charge is -2.26. The van der Waals surface area contributed by atoms with Crippen molar-refractivity contribution in [1.29, 1.82) is 0 Å². The number of hydrogen-bond donors (Lipinski definition) is 1. The fraction of sp³-hybridized carbons (Fsp3) is 0.864. The Morgan fingerprint density at radius 1 is 0.417 bits per heavy atom. The van der Waals surface area contributed by atoms with E-state index in [1.54, 1.807) is 0 Å². The standard InChI is InChI=1S/C44H80N2O13S/c1-5-9-13-17-21-25-29-56-40(48)34-45(35-41(49)57-30-26-22-18-14-10-6-2)39(47)33-38(60(53,54)55)44(52)46(36-42(50)58-31-27-23-19-15-11-7-3)37-43(51)59-32-28-24-20-16-12-8-4/h38H,5-37H2,1-4H3,(H,53,54,55). The molecule has 0 aromatic rings. The smallest absolute Gasteiger partial charge is 0.325 e. The largest absolute Gasteiger partial charge is 0.464 e. The first kappa shape index (κ1) is 56.7. The zero-order valence-corrected chi connectivity index (χ0v) is 38.4. The second-order valence-electron chi connectivity index (χ2n) is 15.6. The molecule has 0 saturated carbocycles. The number of hydrogen-bond acceptors (Lipinski definition) is 12. The topological polar surface area (TPSA) is 200 Å². The van der Waals surface area contributed by atoms with Gasteiger partial charge in [-0.15, -0.1) is 0 Å². The van der Waals surface area contributed by atoms with Crippen molar-refractivity contribution in [2.24, 2.45) is 0 Å². The molecule has 0 saturated heterocycles. The summed E-state index contributed by atoms with van der Waals surface area (Å²) in [7, 11) is -5.36. The van der Waals surface area contributed by atoms with Crippen LogP contribution in [-0.2, 0) is 57.8 Å². The minimum absolute atomic E-state index is 0.0363. The molecule has 15 nitrogen and oxygen atoms in total. The molecule has 0 rings (SSSR count).